The topological polar surface area (TPSA) is 16.6 Å². The number of quaternary nitrogens is 1. The van der Waals surface area contributed by atoms with Crippen LogP contribution in [-0.2, 0) is 6.54 Å². The Hall–Kier alpha value is -0.820. The number of nitrogens with two attached hydrogens (primary N) is 1. The Kier molecular flexibility index (Phi) is 4.22. The summed E-state index contributed by atoms with van der Waals surface area (Å²) < 4.78 is 0. The Morgan fingerprint density at radius 3 is 2.53 bits per heavy atom. The lowest BCUT2D eigenvalue weighted by Crippen LogP contribution is -2.90. The maximum absolute atomic E-state index is 2.56. The SMILES string of the molecule is Cc1ccc(C[NH2+][C@H]2CCC[C@@H](C)[C@@H]2C)cc1. The average molecular weight is 232 g/mol. The van der Waals surface area contributed by atoms with Crippen LogP contribution >= 0.6 is 0 Å². The number of rotatable bonds is 3. The molecule has 1 aliphatic rings. The zero-order valence-electron chi connectivity index (χ0n) is 11.4. The third-order valence-corrected chi connectivity index (χ3v) is 4.55. The van der Waals surface area contributed by atoms with Crippen LogP contribution in [0.4, 0.5) is 0 Å². The van der Waals surface area contributed by atoms with Crippen LogP contribution in [-0.4, -0.2) is 6.04 Å². The summed E-state index contributed by atoms with van der Waals surface area (Å²) in [5.74, 6) is 1.78. The minimum atomic E-state index is 0.833. The van der Waals surface area contributed by atoms with Crippen LogP contribution in [0.2, 0.25) is 0 Å². The van der Waals surface area contributed by atoms with E-state index in [2.05, 4.69) is 50.4 Å². The van der Waals surface area contributed by atoms with Gasteiger partial charge in [-0.15, -0.1) is 0 Å². The van der Waals surface area contributed by atoms with Crippen LogP contribution in [0.15, 0.2) is 24.3 Å². The van der Waals surface area contributed by atoms with E-state index in [1.54, 1.807) is 0 Å². The van der Waals surface area contributed by atoms with E-state index in [4.69, 9.17) is 0 Å². The number of aryl methyl sites for hydroxylation is 1. The standard InChI is InChI=1S/C16H25N/c1-12-7-9-15(10-8-12)11-17-16-6-4-5-13(2)14(16)3/h7-10,13-14,16-17H,4-6,11H2,1-3H3/p+1/t13-,14+,16+/m1/s1. The lowest BCUT2D eigenvalue weighted by atomic mass is 9.78. The summed E-state index contributed by atoms with van der Waals surface area (Å²) in [4.78, 5) is 0. The number of hydrogen-bond donors (Lipinski definition) is 1. The number of hydrogen-bond acceptors (Lipinski definition) is 0. The predicted molar refractivity (Wildman–Crippen MR) is 72.8 cm³/mol. The van der Waals surface area contributed by atoms with Gasteiger partial charge in [0.1, 0.15) is 6.54 Å². The Morgan fingerprint density at radius 2 is 1.82 bits per heavy atom. The van der Waals surface area contributed by atoms with Gasteiger partial charge in [-0.1, -0.05) is 43.7 Å². The molecule has 1 heteroatoms. The normalized spacial score (nSPS) is 29.2. The van der Waals surface area contributed by atoms with Crippen LogP contribution in [0.3, 0.4) is 0 Å². The van der Waals surface area contributed by atoms with Crippen molar-refractivity contribution < 1.29 is 5.32 Å². The van der Waals surface area contributed by atoms with Gasteiger partial charge in [-0.25, -0.2) is 0 Å². The molecule has 0 amide bonds. The van der Waals surface area contributed by atoms with Gasteiger partial charge >= 0.3 is 0 Å². The molecule has 2 rings (SSSR count). The molecule has 1 fully saturated rings. The van der Waals surface area contributed by atoms with Gasteiger partial charge in [0, 0.05) is 11.5 Å². The number of benzene rings is 1. The molecule has 0 aromatic heterocycles. The molecule has 0 heterocycles. The van der Waals surface area contributed by atoms with Crippen molar-refractivity contribution in [1.29, 1.82) is 0 Å². The summed E-state index contributed by atoms with van der Waals surface area (Å²) in [6.07, 6.45) is 4.24. The van der Waals surface area contributed by atoms with E-state index in [1.807, 2.05) is 0 Å². The van der Waals surface area contributed by atoms with Crippen molar-refractivity contribution in [3.05, 3.63) is 35.4 Å². The van der Waals surface area contributed by atoms with Gasteiger partial charge in [0.2, 0.25) is 0 Å². The van der Waals surface area contributed by atoms with Crippen LogP contribution in [0.25, 0.3) is 0 Å². The maximum Gasteiger partial charge on any atom is 0.101 e. The third-order valence-electron chi connectivity index (χ3n) is 4.55. The van der Waals surface area contributed by atoms with Crippen molar-refractivity contribution >= 4 is 0 Å². The van der Waals surface area contributed by atoms with Crippen molar-refractivity contribution in [3.63, 3.8) is 0 Å². The highest BCUT2D eigenvalue weighted by molar-refractivity contribution is 5.20. The van der Waals surface area contributed by atoms with Crippen LogP contribution in [0.1, 0.15) is 44.2 Å². The summed E-state index contributed by atoms with van der Waals surface area (Å²) in [6, 6.07) is 9.80. The molecule has 1 saturated carbocycles. The Balaban J connectivity index is 1.87. The highest BCUT2D eigenvalue weighted by Gasteiger charge is 2.29. The molecule has 1 aliphatic carbocycles. The van der Waals surface area contributed by atoms with Gasteiger partial charge in [0.25, 0.3) is 0 Å². The first kappa shape index (κ1) is 12.6. The summed E-state index contributed by atoms with van der Waals surface area (Å²) in [6.45, 7) is 8.14. The van der Waals surface area contributed by atoms with Gasteiger partial charge in [0.15, 0.2) is 0 Å². The zero-order valence-corrected chi connectivity index (χ0v) is 11.4. The van der Waals surface area contributed by atoms with Gasteiger partial charge in [0.05, 0.1) is 6.04 Å². The molecule has 0 radical (unpaired) electrons. The second-order valence-electron chi connectivity index (χ2n) is 5.86. The molecular formula is C16H26N+. The Bertz CT molecular complexity index is 341. The van der Waals surface area contributed by atoms with Crippen molar-refractivity contribution in [2.75, 3.05) is 0 Å². The Labute approximate surface area is 106 Å². The lowest BCUT2D eigenvalue weighted by Gasteiger charge is -2.32. The third kappa shape index (κ3) is 3.32. The summed E-state index contributed by atoms with van der Waals surface area (Å²) in [5.41, 5.74) is 2.81. The van der Waals surface area contributed by atoms with Gasteiger partial charge in [-0.05, 0) is 32.1 Å². The van der Waals surface area contributed by atoms with Crippen molar-refractivity contribution in [1.82, 2.24) is 0 Å². The fraction of sp³-hybridized carbons (Fsp3) is 0.625. The predicted octanol–water partition coefficient (Wildman–Crippen LogP) is 2.88. The van der Waals surface area contributed by atoms with E-state index in [9.17, 15) is 0 Å². The quantitative estimate of drug-likeness (QED) is 0.825. The lowest BCUT2D eigenvalue weighted by molar-refractivity contribution is -0.713. The minimum Gasteiger partial charge on any atom is -0.340 e. The van der Waals surface area contributed by atoms with Gasteiger partial charge < -0.3 is 5.32 Å². The zero-order chi connectivity index (χ0) is 12.3. The molecule has 0 unspecified atom stereocenters. The minimum absolute atomic E-state index is 0.833. The van der Waals surface area contributed by atoms with E-state index in [-0.39, 0.29) is 0 Å². The average Bonchev–Trinajstić information content (AvgIpc) is 2.33. The first-order valence-corrected chi connectivity index (χ1v) is 7.05. The van der Waals surface area contributed by atoms with Crippen LogP contribution in [0, 0.1) is 18.8 Å². The van der Waals surface area contributed by atoms with Crippen molar-refractivity contribution in [2.45, 2.75) is 52.6 Å². The molecule has 2 N–H and O–H groups in total. The molecule has 1 aromatic carbocycles. The fourth-order valence-electron chi connectivity index (χ4n) is 2.97. The summed E-state index contributed by atoms with van der Waals surface area (Å²) in [5, 5.41) is 2.56. The fourth-order valence-corrected chi connectivity index (χ4v) is 2.97. The molecule has 3 atom stereocenters. The van der Waals surface area contributed by atoms with E-state index >= 15 is 0 Å². The first-order chi connectivity index (χ1) is 8.16. The molecule has 1 nitrogen and oxygen atoms in total. The molecule has 1 aromatic rings. The van der Waals surface area contributed by atoms with Crippen molar-refractivity contribution in [3.8, 4) is 0 Å². The van der Waals surface area contributed by atoms with Gasteiger partial charge in [-0.3, -0.25) is 0 Å². The highest BCUT2D eigenvalue weighted by Crippen LogP contribution is 2.27. The molecule has 0 bridgehead atoms. The first-order valence-electron chi connectivity index (χ1n) is 7.05. The second-order valence-corrected chi connectivity index (χ2v) is 5.86. The maximum atomic E-state index is 2.56. The smallest absolute Gasteiger partial charge is 0.101 e. The molecule has 0 aliphatic heterocycles. The molecule has 0 saturated heterocycles. The Morgan fingerprint density at radius 1 is 1.12 bits per heavy atom. The molecular weight excluding hydrogens is 206 g/mol. The molecule has 0 spiro atoms. The summed E-state index contributed by atoms with van der Waals surface area (Å²) >= 11 is 0. The van der Waals surface area contributed by atoms with E-state index < -0.39 is 0 Å². The van der Waals surface area contributed by atoms with Gasteiger partial charge in [-0.2, -0.15) is 0 Å². The van der Waals surface area contributed by atoms with Crippen LogP contribution < -0.4 is 5.32 Å². The second kappa shape index (κ2) is 5.68. The van der Waals surface area contributed by atoms with Crippen molar-refractivity contribution in [2.24, 2.45) is 11.8 Å². The van der Waals surface area contributed by atoms with Crippen LogP contribution in [0.5, 0.6) is 0 Å². The summed E-state index contributed by atoms with van der Waals surface area (Å²) in [7, 11) is 0. The molecule has 17 heavy (non-hydrogen) atoms. The monoisotopic (exact) mass is 232 g/mol. The highest BCUT2D eigenvalue weighted by atomic mass is 14.9. The van der Waals surface area contributed by atoms with E-state index in [0.717, 1.165) is 24.4 Å². The van der Waals surface area contributed by atoms with E-state index in [1.165, 1.54) is 30.4 Å². The largest absolute Gasteiger partial charge is 0.340 e. The molecule has 94 valence electrons. The van der Waals surface area contributed by atoms with E-state index in [0.29, 0.717) is 0 Å².